The van der Waals surface area contributed by atoms with E-state index in [1.54, 1.807) is 53.6 Å². The van der Waals surface area contributed by atoms with Gasteiger partial charge >= 0.3 is 5.97 Å². The number of hydrogen-bond acceptors (Lipinski definition) is 4. The van der Waals surface area contributed by atoms with E-state index < -0.39 is 12.0 Å². The summed E-state index contributed by atoms with van der Waals surface area (Å²) in [4.78, 5) is 17.3. The van der Waals surface area contributed by atoms with Gasteiger partial charge in [0.2, 0.25) is 0 Å². The maximum absolute atomic E-state index is 15.4. The molecule has 1 unspecified atom stereocenters. The first kappa shape index (κ1) is 20.2. The molecule has 7 heteroatoms. The van der Waals surface area contributed by atoms with Crippen LogP contribution in [0.25, 0.3) is 11.1 Å². The van der Waals surface area contributed by atoms with Crippen molar-refractivity contribution in [2.75, 3.05) is 18.6 Å². The first-order chi connectivity index (χ1) is 14.5. The van der Waals surface area contributed by atoms with E-state index >= 15 is 4.39 Å². The fourth-order valence-corrected chi connectivity index (χ4v) is 3.84. The van der Waals surface area contributed by atoms with Crippen molar-refractivity contribution >= 4 is 23.4 Å². The third-order valence-electron chi connectivity index (χ3n) is 5.32. The predicted octanol–water partition coefficient (Wildman–Crippen LogP) is 4.80. The zero-order valence-electron chi connectivity index (χ0n) is 16.3. The van der Waals surface area contributed by atoms with Gasteiger partial charge in [0.1, 0.15) is 23.4 Å². The molecule has 1 aromatic heterocycles. The van der Waals surface area contributed by atoms with Crippen LogP contribution >= 0.6 is 11.6 Å². The van der Waals surface area contributed by atoms with Crippen molar-refractivity contribution < 1.29 is 19.0 Å². The number of hydrogen-bond donors (Lipinski definition) is 1. The largest absolute Gasteiger partial charge is 0.496 e. The van der Waals surface area contributed by atoms with E-state index in [4.69, 9.17) is 16.3 Å². The molecule has 0 saturated carbocycles. The van der Waals surface area contributed by atoms with Crippen LogP contribution in [-0.2, 0) is 11.2 Å². The summed E-state index contributed by atoms with van der Waals surface area (Å²) in [5.41, 5.74) is 2.34. The van der Waals surface area contributed by atoms with Crippen molar-refractivity contribution in [3.8, 4) is 16.9 Å². The molecular weight excluding hydrogens is 407 g/mol. The van der Waals surface area contributed by atoms with Crippen LogP contribution in [0.3, 0.4) is 0 Å². The van der Waals surface area contributed by atoms with Crippen LogP contribution in [-0.4, -0.2) is 35.8 Å². The second-order valence-electron chi connectivity index (χ2n) is 7.16. The Kier molecular flexibility index (Phi) is 5.59. The third kappa shape index (κ3) is 3.83. The summed E-state index contributed by atoms with van der Waals surface area (Å²) in [6.45, 7) is 0.666. The number of methoxy groups -OCH3 is 1. The topological polar surface area (TPSA) is 62.7 Å². The minimum atomic E-state index is -0.846. The van der Waals surface area contributed by atoms with Crippen molar-refractivity contribution in [1.29, 1.82) is 0 Å². The normalized spacial score (nSPS) is 15.6. The molecule has 0 aliphatic carbocycles. The number of carboxylic acid groups (broad SMARTS) is 1. The smallest absolute Gasteiger partial charge is 0.326 e. The summed E-state index contributed by atoms with van der Waals surface area (Å²) in [6, 6.07) is 13.5. The van der Waals surface area contributed by atoms with Gasteiger partial charge in [-0.2, -0.15) is 0 Å². The number of aliphatic carboxylic acids is 1. The van der Waals surface area contributed by atoms with Crippen molar-refractivity contribution in [2.24, 2.45) is 0 Å². The SMILES string of the molecule is COc1ccc(Cc2ccc(N3CCC3C(=O)O)nc2)c(F)c1-c1cccc(Cl)c1. The molecule has 2 aromatic carbocycles. The highest BCUT2D eigenvalue weighted by Gasteiger charge is 2.34. The van der Waals surface area contributed by atoms with Crippen molar-refractivity contribution in [2.45, 2.75) is 18.9 Å². The van der Waals surface area contributed by atoms with Gasteiger partial charge in [-0.15, -0.1) is 0 Å². The zero-order chi connectivity index (χ0) is 21.3. The highest BCUT2D eigenvalue weighted by Crippen LogP contribution is 2.36. The number of benzene rings is 2. The van der Waals surface area contributed by atoms with Gasteiger partial charge in [0.05, 0.1) is 12.7 Å². The number of ether oxygens (including phenoxy) is 1. The number of halogens is 2. The molecule has 30 heavy (non-hydrogen) atoms. The van der Waals surface area contributed by atoms with Gasteiger partial charge in [-0.1, -0.05) is 35.9 Å². The molecule has 1 fully saturated rings. The van der Waals surface area contributed by atoms with Crippen molar-refractivity contribution in [3.05, 3.63) is 76.7 Å². The van der Waals surface area contributed by atoms with Gasteiger partial charge in [-0.25, -0.2) is 14.2 Å². The zero-order valence-corrected chi connectivity index (χ0v) is 17.1. The molecule has 1 aliphatic rings. The van der Waals surface area contributed by atoms with Crippen LogP contribution in [0.2, 0.25) is 5.02 Å². The average Bonchev–Trinajstić information content (AvgIpc) is 2.69. The maximum Gasteiger partial charge on any atom is 0.326 e. The molecule has 0 spiro atoms. The Morgan fingerprint density at radius 3 is 2.73 bits per heavy atom. The minimum Gasteiger partial charge on any atom is -0.496 e. The Morgan fingerprint density at radius 2 is 2.13 bits per heavy atom. The molecular formula is C23H20ClFN2O3. The number of aromatic nitrogens is 1. The Bertz CT molecular complexity index is 1090. The predicted molar refractivity (Wildman–Crippen MR) is 114 cm³/mol. The Labute approximate surface area is 178 Å². The van der Waals surface area contributed by atoms with Crippen LogP contribution in [0, 0.1) is 5.82 Å². The molecule has 4 rings (SSSR count). The molecule has 1 saturated heterocycles. The van der Waals surface area contributed by atoms with E-state index in [-0.39, 0.29) is 5.82 Å². The van der Waals surface area contributed by atoms with E-state index in [2.05, 4.69) is 4.98 Å². The lowest BCUT2D eigenvalue weighted by atomic mass is 9.97. The lowest BCUT2D eigenvalue weighted by Gasteiger charge is -2.38. The summed E-state index contributed by atoms with van der Waals surface area (Å²) in [5.74, 6) is -0.160. The van der Waals surface area contributed by atoms with Gasteiger partial charge in [0, 0.05) is 24.2 Å². The highest BCUT2D eigenvalue weighted by molar-refractivity contribution is 6.30. The van der Waals surface area contributed by atoms with Crippen LogP contribution in [0.1, 0.15) is 17.5 Å². The molecule has 0 bridgehead atoms. The monoisotopic (exact) mass is 426 g/mol. The quantitative estimate of drug-likeness (QED) is 0.613. The fraction of sp³-hybridized carbons (Fsp3) is 0.217. The summed E-state index contributed by atoms with van der Waals surface area (Å²) < 4.78 is 20.8. The number of carbonyl (C=O) groups is 1. The van der Waals surface area contributed by atoms with Gasteiger partial charge in [-0.3, -0.25) is 0 Å². The molecule has 1 aliphatic heterocycles. The number of nitrogens with zero attached hydrogens (tertiary/aromatic N) is 2. The third-order valence-corrected chi connectivity index (χ3v) is 5.55. The number of carboxylic acids is 1. The van der Waals surface area contributed by atoms with E-state index in [1.807, 2.05) is 6.07 Å². The van der Waals surface area contributed by atoms with Crippen LogP contribution in [0.5, 0.6) is 5.75 Å². The molecule has 154 valence electrons. The van der Waals surface area contributed by atoms with E-state index in [0.29, 0.717) is 52.7 Å². The summed E-state index contributed by atoms with van der Waals surface area (Å²) in [6.07, 6.45) is 2.62. The van der Waals surface area contributed by atoms with Crippen molar-refractivity contribution in [1.82, 2.24) is 4.98 Å². The minimum absolute atomic E-state index is 0.346. The van der Waals surface area contributed by atoms with Crippen LogP contribution < -0.4 is 9.64 Å². The van der Waals surface area contributed by atoms with E-state index in [0.717, 1.165) is 5.56 Å². The first-order valence-electron chi connectivity index (χ1n) is 9.53. The number of pyridine rings is 1. The summed E-state index contributed by atoms with van der Waals surface area (Å²) in [7, 11) is 1.51. The molecule has 1 N–H and O–H groups in total. The fourth-order valence-electron chi connectivity index (χ4n) is 3.65. The Hall–Kier alpha value is -3.12. The van der Waals surface area contributed by atoms with E-state index in [1.165, 1.54) is 7.11 Å². The van der Waals surface area contributed by atoms with Crippen LogP contribution in [0.15, 0.2) is 54.7 Å². The molecule has 2 heterocycles. The lowest BCUT2D eigenvalue weighted by molar-refractivity contribution is -0.140. The number of anilines is 1. The average molecular weight is 427 g/mol. The first-order valence-corrected chi connectivity index (χ1v) is 9.91. The number of rotatable bonds is 6. The molecule has 3 aromatic rings. The lowest BCUT2D eigenvalue weighted by Crippen LogP contribution is -2.52. The second-order valence-corrected chi connectivity index (χ2v) is 7.60. The Morgan fingerprint density at radius 1 is 1.30 bits per heavy atom. The second kappa shape index (κ2) is 8.32. The van der Waals surface area contributed by atoms with Gasteiger partial charge < -0.3 is 14.7 Å². The van der Waals surface area contributed by atoms with Gasteiger partial charge in [-0.05, 0) is 47.4 Å². The van der Waals surface area contributed by atoms with Crippen LogP contribution in [0.4, 0.5) is 10.2 Å². The van der Waals surface area contributed by atoms with Gasteiger partial charge in [0.25, 0.3) is 0 Å². The van der Waals surface area contributed by atoms with Gasteiger partial charge in [0.15, 0.2) is 0 Å². The molecule has 1 atom stereocenters. The molecule has 5 nitrogen and oxygen atoms in total. The maximum atomic E-state index is 15.4. The summed E-state index contributed by atoms with van der Waals surface area (Å²) in [5, 5.41) is 9.71. The Balaban J connectivity index is 1.61. The summed E-state index contributed by atoms with van der Waals surface area (Å²) >= 11 is 6.09. The molecule has 0 amide bonds. The standard InChI is InChI=1S/C23H20ClFN2O3/c1-30-19-7-6-16(22(25)21(19)15-3-2-4-17(24)12-15)11-14-5-8-20(26-13-14)27-10-9-18(27)23(28)29/h2-8,12-13,18H,9-11H2,1H3,(H,28,29). The van der Waals surface area contributed by atoms with E-state index in [9.17, 15) is 9.90 Å². The van der Waals surface area contributed by atoms with Crippen molar-refractivity contribution in [3.63, 3.8) is 0 Å². The molecule has 0 radical (unpaired) electrons. The highest BCUT2D eigenvalue weighted by atomic mass is 35.5.